The maximum atomic E-state index is 12.1. The van der Waals surface area contributed by atoms with Crippen LogP contribution in [-0.4, -0.2) is 17.5 Å². The molecule has 0 saturated carbocycles. The zero-order valence-electron chi connectivity index (χ0n) is 15.7. The Kier molecular flexibility index (Phi) is 10.9. The first-order chi connectivity index (χ1) is 13.1. The fraction of sp³-hybridized carbons (Fsp3) is 0.125. The molecule has 0 aliphatic rings. The molecule has 3 aromatic rings. The summed E-state index contributed by atoms with van der Waals surface area (Å²) in [5.41, 5.74) is 3.96. The molecule has 0 atom stereocenters. The molecule has 0 fully saturated rings. The first-order valence-corrected chi connectivity index (χ1v) is 9.26. The normalized spacial score (nSPS) is 9.96. The van der Waals surface area contributed by atoms with Crippen molar-refractivity contribution >= 4 is 35.9 Å². The van der Waals surface area contributed by atoms with E-state index in [1.165, 1.54) is 5.56 Å². The second kappa shape index (κ2) is 12.9. The highest BCUT2D eigenvalue weighted by Gasteiger charge is 2.01. The number of carbonyl (C=O) groups is 1. The third-order valence-electron chi connectivity index (χ3n) is 3.80. The lowest BCUT2D eigenvalue weighted by Crippen LogP contribution is -1.93. The van der Waals surface area contributed by atoms with Crippen LogP contribution >= 0.6 is 24.0 Å². The van der Waals surface area contributed by atoms with Crippen LogP contribution in [0.15, 0.2) is 84.9 Å². The van der Waals surface area contributed by atoms with E-state index in [2.05, 4.69) is 24.3 Å². The van der Waals surface area contributed by atoms with Crippen LogP contribution in [0, 0.1) is 0 Å². The van der Waals surface area contributed by atoms with Crippen molar-refractivity contribution in [3.05, 3.63) is 101 Å². The van der Waals surface area contributed by atoms with E-state index in [-0.39, 0.29) is 18.2 Å². The van der Waals surface area contributed by atoms with Crippen LogP contribution in [0.1, 0.15) is 29.3 Å². The van der Waals surface area contributed by atoms with Gasteiger partial charge in [0.05, 0.1) is 0 Å². The van der Waals surface area contributed by atoms with Crippen LogP contribution in [0.2, 0.25) is 5.02 Å². The molecule has 0 spiro atoms. The van der Waals surface area contributed by atoms with Crippen LogP contribution in [0.4, 0.5) is 0 Å². The SMILES string of the molecule is CCCO.Cl.O=C(C=Cc1ccc(-c2ccccc2)cc1)c1ccc(Cl)cc1. The molecule has 0 aliphatic heterocycles. The standard InChI is InChI=1S/C21H15ClO.C3H8O.ClH/c22-20-13-11-19(12-14-20)21(23)15-8-16-6-9-18(10-7-16)17-4-2-1-3-5-17;1-2-3-4;/h1-15H;4H,2-3H2,1H3;1H. The van der Waals surface area contributed by atoms with E-state index in [1.54, 1.807) is 30.3 Å². The summed E-state index contributed by atoms with van der Waals surface area (Å²) in [6.07, 6.45) is 4.28. The van der Waals surface area contributed by atoms with Crippen molar-refractivity contribution in [3.63, 3.8) is 0 Å². The average Bonchev–Trinajstić information content (AvgIpc) is 2.74. The summed E-state index contributed by atoms with van der Waals surface area (Å²) < 4.78 is 0. The monoisotopic (exact) mass is 414 g/mol. The van der Waals surface area contributed by atoms with Crippen LogP contribution in [0.3, 0.4) is 0 Å². The Labute approximate surface area is 177 Å². The maximum absolute atomic E-state index is 12.1. The highest BCUT2D eigenvalue weighted by Crippen LogP contribution is 2.19. The van der Waals surface area contributed by atoms with Gasteiger partial charge < -0.3 is 5.11 Å². The molecule has 4 heteroatoms. The second-order valence-electron chi connectivity index (χ2n) is 5.92. The third-order valence-corrected chi connectivity index (χ3v) is 4.05. The van der Waals surface area contributed by atoms with E-state index in [0.29, 0.717) is 17.2 Å². The first kappa shape index (κ1) is 23.6. The number of aliphatic hydroxyl groups is 1. The number of hydrogen-bond acceptors (Lipinski definition) is 2. The van der Waals surface area contributed by atoms with E-state index >= 15 is 0 Å². The summed E-state index contributed by atoms with van der Waals surface area (Å²) in [5.74, 6) is -0.0335. The van der Waals surface area contributed by atoms with Crippen molar-refractivity contribution in [3.8, 4) is 11.1 Å². The lowest BCUT2D eigenvalue weighted by atomic mass is 10.0. The zero-order valence-corrected chi connectivity index (χ0v) is 17.3. The van der Waals surface area contributed by atoms with Gasteiger partial charge in [0.1, 0.15) is 0 Å². The molecule has 1 N–H and O–H groups in total. The molecule has 0 radical (unpaired) electrons. The van der Waals surface area contributed by atoms with Crippen LogP contribution < -0.4 is 0 Å². The van der Waals surface area contributed by atoms with E-state index in [4.69, 9.17) is 16.7 Å². The fourth-order valence-electron chi connectivity index (χ4n) is 2.30. The summed E-state index contributed by atoms with van der Waals surface area (Å²) in [6.45, 7) is 2.25. The van der Waals surface area contributed by atoms with Gasteiger partial charge in [0.25, 0.3) is 0 Å². The van der Waals surface area contributed by atoms with E-state index in [0.717, 1.165) is 17.5 Å². The van der Waals surface area contributed by atoms with Gasteiger partial charge in [0, 0.05) is 17.2 Å². The molecule has 3 rings (SSSR count). The van der Waals surface area contributed by atoms with Gasteiger partial charge >= 0.3 is 0 Å². The molecular formula is C24H24Cl2O2. The van der Waals surface area contributed by atoms with Crippen LogP contribution in [0.5, 0.6) is 0 Å². The Hall–Kier alpha value is -2.39. The predicted molar refractivity (Wildman–Crippen MR) is 121 cm³/mol. The molecule has 3 aromatic carbocycles. The maximum Gasteiger partial charge on any atom is 0.185 e. The lowest BCUT2D eigenvalue weighted by Gasteiger charge is -2.02. The molecule has 146 valence electrons. The molecule has 0 aromatic heterocycles. The summed E-state index contributed by atoms with van der Waals surface area (Å²) in [4.78, 5) is 12.1. The minimum Gasteiger partial charge on any atom is -0.396 e. The topological polar surface area (TPSA) is 37.3 Å². The van der Waals surface area contributed by atoms with Crippen molar-refractivity contribution in [2.45, 2.75) is 13.3 Å². The lowest BCUT2D eigenvalue weighted by molar-refractivity contribution is 0.104. The number of ketones is 1. The Bertz CT molecular complexity index is 853. The van der Waals surface area contributed by atoms with Gasteiger partial charge in [-0.25, -0.2) is 0 Å². The molecule has 0 amide bonds. The zero-order chi connectivity index (χ0) is 19.5. The third kappa shape index (κ3) is 7.69. The highest BCUT2D eigenvalue weighted by molar-refractivity contribution is 6.30. The van der Waals surface area contributed by atoms with Crippen LogP contribution in [-0.2, 0) is 0 Å². The Morgan fingerprint density at radius 2 is 1.43 bits per heavy atom. The number of allylic oxidation sites excluding steroid dienone is 1. The Morgan fingerprint density at radius 1 is 0.893 bits per heavy atom. The summed E-state index contributed by atoms with van der Waals surface area (Å²) in [5, 5.41) is 8.50. The van der Waals surface area contributed by atoms with Crippen molar-refractivity contribution in [2.24, 2.45) is 0 Å². The average molecular weight is 415 g/mol. The Morgan fingerprint density at radius 3 is 1.96 bits per heavy atom. The molecule has 0 saturated heterocycles. The summed E-state index contributed by atoms with van der Waals surface area (Å²) in [7, 11) is 0. The van der Waals surface area contributed by atoms with Crippen molar-refractivity contribution < 1.29 is 9.90 Å². The van der Waals surface area contributed by atoms with Gasteiger partial charge in [-0.3, -0.25) is 4.79 Å². The first-order valence-electron chi connectivity index (χ1n) is 8.88. The fourth-order valence-corrected chi connectivity index (χ4v) is 2.43. The van der Waals surface area contributed by atoms with Gasteiger partial charge in [0.15, 0.2) is 5.78 Å². The van der Waals surface area contributed by atoms with Gasteiger partial charge in [-0.05, 0) is 53.5 Å². The number of rotatable bonds is 5. The minimum absolute atomic E-state index is 0. The largest absolute Gasteiger partial charge is 0.396 e. The molecule has 2 nitrogen and oxygen atoms in total. The molecule has 0 aliphatic carbocycles. The van der Waals surface area contributed by atoms with Gasteiger partial charge in [0.2, 0.25) is 0 Å². The van der Waals surface area contributed by atoms with Gasteiger partial charge in [-0.2, -0.15) is 0 Å². The van der Waals surface area contributed by atoms with E-state index in [1.807, 2.05) is 43.3 Å². The van der Waals surface area contributed by atoms with Gasteiger partial charge in [-0.1, -0.05) is 79.2 Å². The predicted octanol–water partition coefficient (Wildman–Crippen LogP) is 6.71. The molecule has 0 bridgehead atoms. The Balaban J connectivity index is 0.000000717. The number of halogens is 2. The number of aliphatic hydroxyl groups excluding tert-OH is 1. The van der Waals surface area contributed by atoms with Crippen molar-refractivity contribution in [1.29, 1.82) is 0 Å². The molecular weight excluding hydrogens is 391 g/mol. The number of hydrogen-bond donors (Lipinski definition) is 1. The van der Waals surface area contributed by atoms with E-state index < -0.39 is 0 Å². The van der Waals surface area contributed by atoms with Crippen molar-refractivity contribution in [2.75, 3.05) is 6.61 Å². The molecule has 0 unspecified atom stereocenters. The summed E-state index contributed by atoms with van der Waals surface area (Å²) in [6, 6.07) is 25.2. The highest BCUT2D eigenvalue weighted by atomic mass is 35.5. The second-order valence-corrected chi connectivity index (χ2v) is 6.35. The summed E-state index contributed by atoms with van der Waals surface area (Å²) >= 11 is 5.83. The smallest absolute Gasteiger partial charge is 0.185 e. The minimum atomic E-state index is -0.0335. The van der Waals surface area contributed by atoms with Crippen LogP contribution in [0.25, 0.3) is 17.2 Å². The number of carbonyl (C=O) groups excluding carboxylic acids is 1. The quantitative estimate of drug-likeness (QED) is 0.371. The van der Waals surface area contributed by atoms with Gasteiger partial charge in [-0.15, -0.1) is 12.4 Å². The number of benzene rings is 3. The van der Waals surface area contributed by atoms with Crippen molar-refractivity contribution in [1.82, 2.24) is 0 Å². The molecule has 0 heterocycles. The molecule has 28 heavy (non-hydrogen) atoms. The van der Waals surface area contributed by atoms with E-state index in [9.17, 15) is 4.79 Å².